The molecule has 94 heavy (non-hydrogen) atoms. The number of hydrogen-bond donors (Lipinski definition) is 8. The minimum absolute atomic E-state index is 0. The molecule has 5 heterocycles. The number of nitrogen functional groups attached to an aromatic ring is 2. The molecule has 0 saturated heterocycles. The number of amides is 2. The Balaban J connectivity index is 0.000000346. The molecular weight excluding hydrogens is 1290 g/mol. The normalized spacial score (nSPS) is 12.0. The van der Waals surface area contributed by atoms with Gasteiger partial charge in [0.25, 0.3) is 11.1 Å². The summed E-state index contributed by atoms with van der Waals surface area (Å²) in [5, 5.41) is 30.3. The predicted octanol–water partition coefficient (Wildman–Crippen LogP) is 2.96. The molecule has 0 spiro atoms. The Labute approximate surface area is 543 Å². The van der Waals surface area contributed by atoms with Crippen LogP contribution in [0.1, 0.15) is 87.4 Å². The fraction of sp³-hybridized carbons (Fsp3) is 0.429. The number of aryl methyl sites for hydroxylation is 4. The first-order chi connectivity index (χ1) is 44.3. The van der Waals surface area contributed by atoms with E-state index >= 15 is 0 Å². The van der Waals surface area contributed by atoms with E-state index in [4.69, 9.17) is 36.1 Å². The minimum atomic E-state index is -4.94. The van der Waals surface area contributed by atoms with Gasteiger partial charge in [-0.3, -0.25) is 58.0 Å². The third-order valence-corrected chi connectivity index (χ3v) is 13.6. The van der Waals surface area contributed by atoms with Gasteiger partial charge in [-0.25, -0.2) is 35.6 Å². The summed E-state index contributed by atoms with van der Waals surface area (Å²) in [6.07, 6.45) is 4.68. The van der Waals surface area contributed by atoms with E-state index in [1.165, 1.54) is 31.2 Å². The number of hydroxylamine groups is 2. The van der Waals surface area contributed by atoms with Crippen LogP contribution in [0.2, 0.25) is 0 Å². The second kappa shape index (κ2) is 37.1. The van der Waals surface area contributed by atoms with E-state index in [-0.39, 0.29) is 159 Å². The van der Waals surface area contributed by atoms with Crippen LogP contribution < -0.4 is 33.5 Å². The molecule has 0 bridgehead atoms. The number of ketones is 2. The van der Waals surface area contributed by atoms with Crippen molar-refractivity contribution in [3.8, 4) is 0 Å². The number of carboxylic acids is 2. The molecule has 2 unspecified atom stereocenters. The Bertz CT molecular complexity index is 3880. The molecule has 2 aromatic carbocycles. The van der Waals surface area contributed by atoms with Gasteiger partial charge in [-0.05, 0) is 55.2 Å². The number of aliphatic carboxylic acids is 2. The second-order valence-electron chi connectivity index (χ2n) is 21.7. The number of quaternary nitrogens is 1. The van der Waals surface area contributed by atoms with Crippen molar-refractivity contribution in [2.75, 3.05) is 78.2 Å². The van der Waals surface area contributed by atoms with Gasteiger partial charge < -0.3 is 48.6 Å². The number of nitrogens with one attached hydrogen (secondary N) is 4. The molecule has 33 nitrogen and oxygen atoms in total. The van der Waals surface area contributed by atoms with E-state index in [9.17, 15) is 61.5 Å². The van der Waals surface area contributed by atoms with Crippen LogP contribution in [0.3, 0.4) is 0 Å². The molecule has 5 aromatic heterocycles. The standard InChI is InChI=1S/C31H40BF3N10O7.C25H29N9O7.Cu/c1-45(2,19-32(33,34)35)18-24-17-44(43-41-24)11-12-51-13-14-52-42-26(47)10-8-22(30(49)50)15-25(46)21-6-3-20(4-7-21)5-9-23-16-37-28-27(38-23)29(48)40-31(36)39-28;26-25-31-22-21(23(37)32-25)30-18(14-28-22)7-3-15-1-4-16(5-2-15)19(35)13-17(24(38)39)6-8-20(36)33-41-12-11-40-10-9-29-34-27;/h3-4,6-7,16-17,22H,5,8-15,18-19H2,1-2H3,(H,42,47)(H,49,50)(H3,36,37,39,40,48);1-2,4-5,14,17H,3,6-13H2,(H,33,36)(H,38,39)(H3,26,28,31,32,37);/q;;+1. The fourth-order valence-corrected chi connectivity index (χ4v) is 9.02. The zero-order valence-electron chi connectivity index (χ0n) is 50.9. The van der Waals surface area contributed by atoms with Crippen molar-refractivity contribution >= 4 is 76.5 Å². The van der Waals surface area contributed by atoms with Crippen molar-refractivity contribution in [2.24, 2.45) is 17.0 Å². The zero-order valence-corrected chi connectivity index (χ0v) is 51.9. The first kappa shape index (κ1) is 75.0. The van der Waals surface area contributed by atoms with Gasteiger partial charge in [0, 0.05) is 48.3 Å². The quantitative estimate of drug-likeness (QED) is 0.00403. The molecule has 2 amide bonds. The Morgan fingerprint density at radius 3 is 1.57 bits per heavy atom. The Morgan fingerprint density at radius 1 is 0.681 bits per heavy atom. The van der Waals surface area contributed by atoms with E-state index in [1.54, 1.807) is 54.7 Å². The van der Waals surface area contributed by atoms with Crippen LogP contribution in [0.4, 0.5) is 24.8 Å². The zero-order chi connectivity index (χ0) is 67.5. The number of carbonyl (C=O) groups is 6. The van der Waals surface area contributed by atoms with Gasteiger partial charge in [0.15, 0.2) is 33.9 Å². The van der Waals surface area contributed by atoms with Crippen molar-refractivity contribution < 1.29 is 92.6 Å². The predicted molar refractivity (Wildman–Crippen MR) is 325 cm³/mol. The Morgan fingerprint density at radius 2 is 1.14 bits per heavy atom. The number of nitrogens with two attached hydrogens (primary N) is 2. The van der Waals surface area contributed by atoms with Gasteiger partial charge in [-0.15, -0.1) is 5.10 Å². The number of fused-ring (bicyclic) bond motifs is 2. The molecule has 0 aliphatic rings. The average molecular weight is 1360 g/mol. The maximum atomic E-state index is 12.9. The minimum Gasteiger partial charge on any atom is -0.481 e. The number of carboxylic acid groups (broad SMARTS) is 2. The van der Waals surface area contributed by atoms with Crippen molar-refractivity contribution in [2.45, 2.75) is 77.3 Å². The number of hydrogen-bond acceptors (Lipinski definition) is 23. The van der Waals surface area contributed by atoms with Gasteiger partial charge in [-0.1, -0.05) is 58.9 Å². The van der Waals surface area contributed by atoms with E-state index in [1.807, 2.05) is 0 Å². The molecule has 0 aliphatic carbocycles. The molecule has 0 aliphatic heterocycles. The first-order valence-electron chi connectivity index (χ1n) is 29.0. The fourth-order valence-electron chi connectivity index (χ4n) is 9.02. The molecule has 7 rings (SSSR count). The van der Waals surface area contributed by atoms with E-state index < -0.39 is 60.1 Å². The van der Waals surface area contributed by atoms with Crippen molar-refractivity contribution in [3.63, 3.8) is 0 Å². The van der Waals surface area contributed by atoms with E-state index in [0.29, 0.717) is 60.4 Å². The molecule has 506 valence electrons. The second-order valence-corrected chi connectivity index (χ2v) is 21.7. The summed E-state index contributed by atoms with van der Waals surface area (Å²) in [5.41, 5.74) is 27.2. The largest absolute Gasteiger partial charge is 1.00 e. The van der Waals surface area contributed by atoms with E-state index in [0.717, 1.165) is 11.1 Å². The van der Waals surface area contributed by atoms with Crippen LogP contribution in [0.15, 0.2) is 81.8 Å². The smallest absolute Gasteiger partial charge is 0.481 e. The van der Waals surface area contributed by atoms with Crippen LogP contribution in [-0.2, 0) is 94.2 Å². The molecule has 10 N–H and O–H groups in total. The summed E-state index contributed by atoms with van der Waals surface area (Å²) in [6.45, 7) is -3.63. The summed E-state index contributed by atoms with van der Waals surface area (Å²) >= 11 is 0. The number of ether oxygens (including phenoxy) is 2. The number of aromatic nitrogens is 11. The topological polar surface area (TPSA) is 478 Å². The monoisotopic (exact) mass is 1360 g/mol. The van der Waals surface area contributed by atoms with Crippen LogP contribution in [0.25, 0.3) is 32.8 Å². The van der Waals surface area contributed by atoms with Crippen molar-refractivity contribution in [1.29, 1.82) is 0 Å². The molecule has 0 fully saturated rings. The van der Waals surface area contributed by atoms with Crippen LogP contribution in [0.5, 0.6) is 0 Å². The summed E-state index contributed by atoms with van der Waals surface area (Å²) in [6, 6.07) is 13.5. The van der Waals surface area contributed by atoms with Gasteiger partial charge in [0.2, 0.25) is 23.7 Å². The number of carbonyl (C=O) groups excluding carboxylic acids is 4. The number of benzene rings is 2. The molecular formula is C56H69BCuF3N19O14+. The number of aromatic amines is 2. The van der Waals surface area contributed by atoms with Gasteiger partial charge in [0.05, 0.1) is 109 Å². The van der Waals surface area contributed by atoms with Gasteiger partial charge in [-0.2, -0.15) is 9.97 Å². The van der Waals surface area contributed by atoms with Crippen molar-refractivity contribution in [3.05, 3.63) is 138 Å². The summed E-state index contributed by atoms with van der Waals surface area (Å²) in [4.78, 5) is 140. The third-order valence-electron chi connectivity index (χ3n) is 13.6. The van der Waals surface area contributed by atoms with Crippen molar-refractivity contribution in [1.82, 2.24) is 65.8 Å². The number of rotatable bonds is 38. The number of H-pyrrole nitrogens is 2. The average Bonchev–Trinajstić information content (AvgIpc) is 0.960. The maximum absolute atomic E-state index is 12.9. The first-order valence-corrected chi connectivity index (χ1v) is 29.0. The maximum Gasteiger partial charge on any atom is 1.00 e. The Kier molecular flexibility index (Phi) is 29.6. The number of halogens is 3. The summed E-state index contributed by atoms with van der Waals surface area (Å²) in [5.74, 6) is -6.43. The number of Topliss-reactive ketones (excluding diaryl/α,β-unsaturated/α-hetero) is 2. The molecule has 2 atom stereocenters. The SMILES string of the molecule is C[N+](C)(Cc1cn(CCOCCONC(=O)CCC(CC(=O)c2ccc(CCc3cnc4nc(N)[nH]c(=O)c4n3)cc2)C(=O)O)nn1)C[B-](F)(F)F.[Cu+].[N-]=[N+]=NCCOCCONC(=O)CCC(CC(=O)c1ccc(CCc2cnc3nc(N)[nH]c(=O)c3n2)cc1)C(=O)O. The number of anilines is 2. The molecule has 0 radical (unpaired) electrons. The molecule has 7 aromatic rings. The summed E-state index contributed by atoms with van der Waals surface area (Å²) in [7, 11) is 2.94. The number of azide groups is 1. The molecule has 0 saturated carbocycles. The van der Waals surface area contributed by atoms with Gasteiger partial charge >= 0.3 is 36.0 Å². The van der Waals surface area contributed by atoms with Gasteiger partial charge in [0.1, 0.15) is 12.2 Å². The Hall–Kier alpha value is -9.68. The van der Waals surface area contributed by atoms with Crippen LogP contribution in [-0.4, -0.2) is 179 Å². The van der Waals surface area contributed by atoms with E-state index in [2.05, 4.69) is 71.2 Å². The molecule has 38 heteroatoms. The third kappa shape index (κ3) is 26.1. The summed E-state index contributed by atoms with van der Waals surface area (Å²) < 4.78 is 50.1. The number of nitrogens with zero attached hydrogens (tertiary/aromatic N) is 13. The van der Waals surface area contributed by atoms with Crippen LogP contribution >= 0.6 is 0 Å². The van der Waals surface area contributed by atoms with Crippen LogP contribution in [0, 0.1) is 11.8 Å².